The van der Waals surface area contributed by atoms with Gasteiger partial charge >= 0.3 is 0 Å². The minimum atomic E-state index is 0.721. The van der Waals surface area contributed by atoms with Crippen molar-refractivity contribution < 1.29 is 0 Å². The Bertz CT molecular complexity index is 1180. The van der Waals surface area contributed by atoms with Crippen LogP contribution in [0.3, 0.4) is 0 Å². The van der Waals surface area contributed by atoms with E-state index in [0.717, 1.165) is 67.2 Å². The van der Waals surface area contributed by atoms with E-state index in [0.29, 0.717) is 0 Å². The Hall–Kier alpha value is -3.38. The lowest BCUT2D eigenvalue weighted by molar-refractivity contribution is 0.662. The Kier molecular flexibility index (Phi) is 5.54. The van der Waals surface area contributed by atoms with E-state index >= 15 is 0 Å². The fourth-order valence-electron chi connectivity index (χ4n) is 4.14. The van der Waals surface area contributed by atoms with Gasteiger partial charge < -0.3 is 5.32 Å². The quantitative estimate of drug-likeness (QED) is 0.543. The zero-order chi connectivity index (χ0) is 21.0. The van der Waals surface area contributed by atoms with Crippen LogP contribution in [0.2, 0.25) is 0 Å². The molecule has 0 fully saturated rings. The van der Waals surface area contributed by atoms with Gasteiger partial charge in [0.25, 0.3) is 0 Å². The van der Waals surface area contributed by atoms with Gasteiger partial charge in [-0.1, -0.05) is 18.2 Å². The third kappa shape index (κ3) is 4.25. The first-order valence-electron chi connectivity index (χ1n) is 10.9. The summed E-state index contributed by atoms with van der Waals surface area (Å²) in [5.41, 5.74) is 7.95. The predicted octanol–water partition coefficient (Wildman–Crippen LogP) is 3.70. The fraction of sp³-hybridized carbons (Fsp3) is 0.280. The predicted molar refractivity (Wildman–Crippen MR) is 122 cm³/mol. The molecular weight excluding hydrogens is 384 g/mol. The van der Waals surface area contributed by atoms with Gasteiger partial charge in [-0.15, -0.1) is 0 Å². The van der Waals surface area contributed by atoms with Crippen LogP contribution in [0.15, 0.2) is 61.2 Å². The summed E-state index contributed by atoms with van der Waals surface area (Å²) in [4.78, 5) is 13.7. The maximum atomic E-state index is 4.91. The topological polar surface area (TPSA) is 68.5 Å². The summed E-state index contributed by atoms with van der Waals surface area (Å²) in [5.74, 6) is 0.825. The highest BCUT2D eigenvalue weighted by atomic mass is 15.3. The summed E-state index contributed by atoms with van der Waals surface area (Å²) < 4.78 is 1.94. The first-order chi connectivity index (χ1) is 15.3. The van der Waals surface area contributed by atoms with Crippen LogP contribution in [0.5, 0.6) is 0 Å². The lowest BCUT2D eigenvalue weighted by Crippen LogP contribution is -2.16. The molecule has 156 valence electrons. The van der Waals surface area contributed by atoms with Gasteiger partial charge in [0.1, 0.15) is 11.5 Å². The molecule has 1 aliphatic heterocycles. The number of aromatic nitrogens is 5. The molecule has 0 atom stereocenters. The van der Waals surface area contributed by atoms with E-state index in [9.17, 15) is 0 Å². The number of fused-ring (bicyclic) bond motifs is 1. The monoisotopic (exact) mass is 410 g/mol. The highest BCUT2D eigenvalue weighted by molar-refractivity contribution is 5.78. The lowest BCUT2D eigenvalue weighted by Gasteiger charge is -2.09. The number of hydrogen-bond acceptors (Lipinski definition) is 5. The van der Waals surface area contributed by atoms with Crippen LogP contribution in [0.25, 0.3) is 22.5 Å². The second-order valence-corrected chi connectivity index (χ2v) is 7.88. The van der Waals surface area contributed by atoms with Crippen molar-refractivity contribution >= 4 is 0 Å². The second-order valence-electron chi connectivity index (χ2n) is 7.88. The highest BCUT2D eigenvalue weighted by Gasteiger charge is 2.15. The average molecular weight is 411 g/mol. The molecule has 4 heterocycles. The van der Waals surface area contributed by atoms with Gasteiger partial charge in [-0.25, -0.2) is 9.97 Å². The Balaban J connectivity index is 1.46. The highest BCUT2D eigenvalue weighted by Crippen LogP contribution is 2.29. The largest absolute Gasteiger partial charge is 0.316 e. The van der Waals surface area contributed by atoms with Crippen molar-refractivity contribution in [2.45, 2.75) is 32.7 Å². The molecule has 0 bridgehead atoms. The van der Waals surface area contributed by atoms with Crippen LogP contribution in [-0.2, 0) is 25.8 Å². The smallest absolute Gasteiger partial charge is 0.133 e. The number of nitrogens with one attached hydrogen (secondary N) is 1. The standard InChI is InChI=1S/C25H26N6/c1-2-31-17-22(25(30-31)21-4-3-10-27-16-21)23-9-13-28-24(29-23)15-18-5-6-19-7-11-26-12-8-20(19)14-18/h3-6,9-10,13-14,16-17,26H,2,7-8,11-12,15H2,1H3. The zero-order valence-corrected chi connectivity index (χ0v) is 17.8. The fourth-order valence-corrected chi connectivity index (χ4v) is 4.14. The second kappa shape index (κ2) is 8.78. The molecule has 0 saturated carbocycles. The normalized spacial score (nSPS) is 13.6. The van der Waals surface area contributed by atoms with Gasteiger partial charge in [0, 0.05) is 48.9 Å². The summed E-state index contributed by atoms with van der Waals surface area (Å²) in [6.07, 6.45) is 10.4. The summed E-state index contributed by atoms with van der Waals surface area (Å²) in [7, 11) is 0. The molecule has 5 rings (SSSR count). The Morgan fingerprint density at radius 1 is 1.03 bits per heavy atom. The number of aryl methyl sites for hydroxylation is 1. The van der Waals surface area contributed by atoms with E-state index < -0.39 is 0 Å². The van der Waals surface area contributed by atoms with Crippen molar-refractivity contribution in [3.8, 4) is 22.5 Å². The van der Waals surface area contributed by atoms with Gasteiger partial charge in [-0.05, 0) is 67.7 Å². The summed E-state index contributed by atoms with van der Waals surface area (Å²) in [5, 5.41) is 8.23. The molecule has 0 radical (unpaired) electrons. The van der Waals surface area contributed by atoms with E-state index in [-0.39, 0.29) is 0 Å². The number of benzene rings is 1. The van der Waals surface area contributed by atoms with Crippen LogP contribution in [-0.4, -0.2) is 37.8 Å². The van der Waals surface area contributed by atoms with E-state index in [2.05, 4.69) is 46.6 Å². The molecule has 3 aromatic heterocycles. The van der Waals surface area contributed by atoms with Crippen molar-refractivity contribution in [2.24, 2.45) is 0 Å². The number of hydrogen-bond donors (Lipinski definition) is 1. The molecule has 4 aromatic rings. The molecule has 1 aliphatic rings. The minimum Gasteiger partial charge on any atom is -0.316 e. The first kappa shape index (κ1) is 19.6. The zero-order valence-electron chi connectivity index (χ0n) is 17.8. The SMILES string of the molecule is CCn1cc(-c2ccnc(Cc3ccc4c(c3)CCNCC4)n2)c(-c2cccnc2)n1. The van der Waals surface area contributed by atoms with Crippen LogP contribution in [0, 0.1) is 0 Å². The number of rotatable bonds is 5. The van der Waals surface area contributed by atoms with Gasteiger partial charge in [0.2, 0.25) is 0 Å². The van der Waals surface area contributed by atoms with Crippen molar-refractivity contribution in [3.63, 3.8) is 0 Å². The van der Waals surface area contributed by atoms with Crippen LogP contribution in [0.4, 0.5) is 0 Å². The van der Waals surface area contributed by atoms with Crippen LogP contribution < -0.4 is 5.32 Å². The Morgan fingerprint density at radius 3 is 2.77 bits per heavy atom. The lowest BCUT2D eigenvalue weighted by atomic mass is 9.98. The Labute approximate surface area is 182 Å². The third-order valence-electron chi connectivity index (χ3n) is 5.78. The molecule has 0 unspecified atom stereocenters. The summed E-state index contributed by atoms with van der Waals surface area (Å²) in [6.45, 7) is 4.99. The van der Waals surface area contributed by atoms with Gasteiger partial charge in [-0.3, -0.25) is 9.67 Å². The summed E-state index contributed by atoms with van der Waals surface area (Å²) >= 11 is 0. The molecule has 0 aliphatic carbocycles. The average Bonchev–Trinajstić information content (AvgIpc) is 3.12. The number of pyridine rings is 1. The molecule has 0 amide bonds. The third-order valence-corrected chi connectivity index (χ3v) is 5.78. The van der Waals surface area contributed by atoms with Gasteiger partial charge in [0.05, 0.1) is 5.69 Å². The van der Waals surface area contributed by atoms with Crippen molar-refractivity contribution in [2.75, 3.05) is 13.1 Å². The van der Waals surface area contributed by atoms with E-state index in [1.54, 1.807) is 6.20 Å². The molecule has 0 spiro atoms. The molecule has 6 heteroatoms. The van der Waals surface area contributed by atoms with E-state index in [1.807, 2.05) is 35.3 Å². The van der Waals surface area contributed by atoms with Crippen molar-refractivity contribution in [3.05, 3.63) is 83.7 Å². The molecular formula is C25H26N6. The molecule has 6 nitrogen and oxygen atoms in total. The van der Waals surface area contributed by atoms with Gasteiger partial charge in [0.15, 0.2) is 0 Å². The first-order valence-corrected chi connectivity index (χ1v) is 10.9. The van der Waals surface area contributed by atoms with Crippen molar-refractivity contribution in [1.29, 1.82) is 0 Å². The maximum absolute atomic E-state index is 4.91. The molecule has 31 heavy (non-hydrogen) atoms. The molecule has 0 saturated heterocycles. The van der Waals surface area contributed by atoms with Crippen LogP contribution in [0.1, 0.15) is 29.4 Å². The van der Waals surface area contributed by atoms with Crippen molar-refractivity contribution in [1.82, 2.24) is 30.0 Å². The van der Waals surface area contributed by atoms with Crippen LogP contribution >= 0.6 is 0 Å². The van der Waals surface area contributed by atoms with E-state index in [4.69, 9.17) is 10.1 Å². The molecule has 1 aromatic carbocycles. The Morgan fingerprint density at radius 2 is 1.94 bits per heavy atom. The van der Waals surface area contributed by atoms with Gasteiger partial charge in [-0.2, -0.15) is 5.10 Å². The maximum Gasteiger partial charge on any atom is 0.133 e. The minimum absolute atomic E-state index is 0.721. The number of nitrogens with zero attached hydrogens (tertiary/aromatic N) is 5. The summed E-state index contributed by atoms with van der Waals surface area (Å²) in [6, 6.07) is 12.7. The van der Waals surface area contributed by atoms with E-state index in [1.165, 1.54) is 16.7 Å². The molecule has 1 N–H and O–H groups in total.